The van der Waals surface area contributed by atoms with Crippen LogP contribution in [-0.4, -0.2) is 41.0 Å². The van der Waals surface area contributed by atoms with E-state index in [9.17, 15) is 14.2 Å². The number of allylic oxidation sites excluding steroid dienone is 10. The highest BCUT2D eigenvalue weighted by Gasteiger charge is 2.22. The van der Waals surface area contributed by atoms with Crippen molar-refractivity contribution in [3.8, 4) is 0 Å². The number of carbonyl (C=O) groups excluding carboxylic acids is 2. The predicted octanol–water partition coefficient (Wildman–Crippen LogP) is 11.3. The Morgan fingerprint density at radius 1 is 0.551 bits per heavy atom. The Kier molecular flexibility index (Phi) is 33.9. The lowest BCUT2D eigenvalue weighted by molar-refractivity contribution is -0.161. The summed E-state index contributed by atoms with van der Waals surface area (Å²) < 4.78 is 26.3. The van der Waals surface area contributed by atoms with Gasteiger partial charge in [-0.2, -0.15) is 0 Å². The second-order valence-corrected chi connectivity index (χ2v) is 13.8. The number of hydrogen-bond donors (Lipinski definition) is 2. The largest absolute Gasteiger partial charge is 0.469 e. The highest BCUT2D eigenvalue weighted by molar-refractivity contribution is 7.46. The molecule has 2 N–H and O–H groups in total. The summed E-state index contributed by atoms with van der Waals surface area (Å²) in [7, 11) is -4.77. The lowest BCUT2D eigenvalue weighted by atomic mass is 10.1. The number of phosphoric acid groups is 1. The lowest BCUT2D eigenvalue weighted by Gasteiger charge is -2.18. The molecule has 9 heteroatoms. The first kappa shape index (κ1) is 46.8. The normalized spacial score (nSPS) is 13.1. The van der Waals surface area contributed by atoms with Gasteiger partial charge in [-0.25, -0.2) is 4.57 Å². The summed E-state index contributed by atoms with van der Waals surface area (Å²) in [5.74, 6) is -0.948. The SMILES string of the molecule is CC/C=C\C/C=C\C/C=C\C/C=C\CCCCC(=O)O[C@H](COC(=O)CCCCCCC/C=C\CCCCCCCCC)COP(=O)(O)O. The molecule has 1 atom stereocenters. The molecule has 0 aromatic rings. The molecule has 0 rings (SSSR count). The van der Waals surface area contributed by atoms with Crippen LogP contribution in [0.3, 0.4) is 0 Å². The van der Waals surface area contributed by atoms with E-state index in [-0.39, 0.29) is 19.4 Å². The summed E-state index contributed by atoms with van der Waals surface area (Å²) in [6.07, 6.45) is 43.7. The number of hydrogen-bond acceptors (Lipinski definition) is 6. The lowest BCUT2D eigenvalue weighted by Crippen LogP contribution is -2.29. The van der Waals surface area contributed by atoms with Crippen molar-refractivity contribution in [2.75, 3.05) is 13.2 Å². The molecule has 0 aliphatic carbocycles. The zero-order valence-electron chi connectivity index (χ0n) is 30.8. The summed E-state index contributed by atoms with van der Waals surface area (Å²) in [6.45, 7) is 3.51. The van der Waals surface area contributed by atoms with Gasteiger partial charge in [-0.3, -0.25) is 14.1 Å². The second-order valence-electron chi connectivity index (χ2n) is 12.5. The third-order valence-corrected chi connectivity index (χ3v) is 8.26. The Bertz CT molecular complexity index is 979. The van der Waals surface area contributed by atoms with Crippen molar-refractivity contribution in [1.82, 2.24) is 0 Å². The second kappa shape index (κ2) is 35.6. The quantitative estimate of drug-likeness (QED) is 0.0293. The maximum absolute atomic E-state index is 12.3. The van der Waals surface area contributed by atoms with Crippen molar-refractivity contribution in [2.45, 2.75) is 168 Å². The number of phosphoric ester groups is 1. The van der Waals surface area contributed by atoms with Gasteiger partial charge in [-0.15, -0.1) is 0 Å². The third-order valence-electron chi connectivity index (χ3n) is 7.77. The van der Waals surface area contributed by atoms with Crippen LogP contribution >= 0.6 is 7.82 Å². The van der Waals surface area contributed by atoms with E-state index >= 15 is 0 Å². The molecular formula is C40H69O8P. The Balaban J connectivity index is 4.05. The van der Waals surface area contributed by atoms with E-state index in [4.69, 9.17) is 19.3 Å². The highest BCUT2D eigenvalue weighted by atomic mass is 31.2. The molecule has 0 aliphatic rings. The average molecular weight is 709 g/mol. The van der Waals surface area contributed by atoms with E-state index in [2.05, 4.69) is 79.1 Å². The maximum atomic E-state index is 12.3. The van der Waals surface area contributed by atoms with Crippen molar-refractivity contribution in [3.63, 3.8) is 0 Å². The van der Waals surface area contributed by atoms with Crippen LogP contribution in [0.5, 0.6) is 0 Å². The zero-order chi connectivity index (χ0) is 36.1. The smallest absolute Gasteiger partial charge is 0.462 e. The number of esters is 2. The standard InChI is InChI=1S/C40H69O8P/c1-3-5-7-9-11-13-15-17-19-21-22-24-26-28-30-32-34-39(41)46-36-38(37-47-49(43,44)45)48-40(42)35-33-31-29-27-25-23-20-18-16-14-12-10-8-6-4-2/h6,8,12,14,18-21,25,27,38H,3-5,7,9-11,13,15-17,22-24,26,28-37H2,1-2H3,(H2,43,44,45)/b8-6-,14-12-,20-18-,21-19-,27-25-/t38-/m1/s1. The van der Waals surface area contributed by atoms with Crippen LogP contribution in [0.1, 0.15) is 162 Å². The van der Waals surface area contributed by atoms with Gasteiger partial charge in [0.2, 0.25) is 0 Å². The van der Waals surface area contributed by atoms with E-state index < -0.39 is 32.5 Å². The van der Waals surface area contributed by atoms with Crippen LogP contribution in [0.2, 0.25) is 0 Å². The molecule has 0 heterocycles. The minimum atomic E-state index is -4.77. The van der Waals surface area contributed by atoms with Crippen molar-refractivity contribution >= 4 is 19.8 Å². The van der Waals surface area contributed by atoms with Crippen molar-refractivity contribution < 1.29 is 37.9 Å². The molecule has 0 aromatic heterocycles. The van der Waals surface area contributed by atoms with Gasteiger partial charge in [0.25, 0.3) is 0 Å². The molecule has 0 amide bonds. The van der Waals surface area contributed by atoms with Gasteiger partial charge < -0.3 is 19.3 Å². The summed E-state index contributed by atoms with van der Waals surface area (Å²) in [4.78, 5) is 42.7. The summed E-state index contributed by atoms with van der Waals surface area (Å²) in [5, 5.41) is 0. The first-order valence-electron chi connectivity index (χ1n) is 19.1. The maximum Gasteiger partial charge on any atom is 0.469 e. The summed E-state index contributed by atoms with van der Waals surface area (Å²) in [5.41, 5.74) is 0. The number of ether oxygens (including phenoxy) is 2. The van der Waals surface area contributed by atoms with Gasteiger partial charge >= 0.3 is 19.8 Å². The van der Waals surface area contributed by atoms with Crippen LogP contribution in [0.25, 0.3) is 0 Å². The molecule has 0 aliphatic heterocycles. The number of rotatable bonds is 34. The van der Waals surface area contributed by atoms with E-state index in [0.717, 1.165) is 70.6 Å². The molecule has 0 saturated heterocycles. The molecule has 0 aromatic carbocycles. The predicted molar refractivity (Wildman–Crippen MR) is 202 cm³/mol. The Labute approximate surface area is 298 Å². The van der Waals surface area contributed by atoms with Crippen molar-refractivity contribution in [3.05, 3.63) is 60.8 Å². The van der Waals surface area contributed by atoms with E-state index in [1.165, 1.54) is 51.4 Å². The van der Waals surface area contributed by atoms with E-state index in [0.29, 0.717) is 12.8 Å². The van der Waals surface area contributed by atoms with Crippen LogP contribution in [0.15, 0.2) is 60.8 Å². The minimum Gasteiger partial charge on any atom is -0.462 e. The van der Waals surface area contributed by atoms with Crippen LogP contribution in [-0.2, 0) is 28.2 Å². The fourth-order valence-electron chi connectivity index (χ4n) is 4.95. The third kappa shape index (κ3) is 38.4. The van der Waals surface area contributed by atoms with E-state index in [1.54, 1.807) is 0 Å². The molecule has 0 unspecified atom stereocenters. The molecule has 0 saturated carbocycles. The van der Waals surface area contributed by atoms with Gasteiger partial charge in [0.15, 0.2) is 6.10 Å². The Hall–Kier alpha value is -2.25. The molecule has 0 spiro atoms. The van der Waals surface area contributed by atoms with Crippen LogP contribution in [0.4, 0.5) is 0 Å². The van der Waals surface area contributed by atoms with Crippen molar-refractivity contribution in [1.29, 1.82) is 0 Å². The van der Waals surface area contributed by atoms with Crippen LogP contribution in [0, 0.1) is 0 Å². The molecule has 49 heavy (non-hydrogen) atoms. The van der Waals surface area contributed by atoms with Crippen LogP contribution < -0.4 is 0 Å². The van der Waals surface area contributed by atoms with E-state index in [1.807, 2.05) is 0 Å². The molecule has 282 valence electrons. The van der Waals surface area contributed by atoms with Gasteiger partial charge in [-0.05, 0) is 77.0 Å². The van der Waals surface area contributed by atoms with Gasteiger partial charge in [0.1, 0.15) is 6.61 Å². The fourth-order valence-corrected chi connectivity index (χ4v) is 5.31. The first-order valence-corrected chi connectivity index (χ1v) is 20.6. The molecular weight excluding hydrogens is 639 g/mol. The number of unbranched alkanes of at least 4 members (excludes halogenated alkanes) is 14. The van der Waals surface area contributed by atoms with Gasteiger partial charge in [0, 0.05) is 12.8 Å². The average Bonchev–Trinajstić information content (AvgIpc) is 3.07. The zero-order valence-corrected chi connectivity index (χ0v) is 31.7. The Morgan fingerprint density at radius 2 is 0.980 bits per heavy atom. The van der Waals surface area contributed by atoms with Crippen molar-refractivity contribution in [2.24, 2.45) is 0 Å². The monoisotopic (exact) mass is 708 g/mol. The topological polar surface area (TPSA) is 119 Å². The summed E-state index contributed by atoms with van der Waals surface area (Å²) >= 11 is 0. The summed E-state index contributed by atoms with van der Waals surface area (Å²) in [6, 6.07) is 0. The highest BCUT2D eigenvalue weighted by Crippen LogP contribution is 2.36. The van der Waals surface area contributed by atoms with Gasteiger partial charge in [-0.1, -0.05) is 132 Å². The number of carbonyl (C=O) groups is 2. The Morgan fingerprint density at radius 3 is 1.53 bits per heavy atom. The minimum absolute atomic E-state index is 0.156. The molecule has 8 nitrogen and oxygen atoms in total. The molecule has 0 fully saturated rings. The first-order chi connectivity index (χ1) is 23.8. The fraction of sp³-hybridized carbons (Fsp3) is 0.700. The molecule has 0 radical (unpaired) electrons. The van der Waals surface area contributed by atoms with Gasteiger partial charge in [0.05, 0.1) is 6.61 Å². The molecule has 0 bridgehead atoms.